The van der Waals surface area contributed by atoms with Crippen LogP contribution in [0.1, 0.15) is 87.0 Å². The van der Waals surface area contributed by atoms with Gasteiger partial charge in [-0.2, -0.15) is 0 Å². The van der Waals surface area contributed by atoms with Crippen molar-refractivity contribution in [2.45, 2.75) is 153 Å². The lowest BCUT2D eigenvalue weighted by Crippen LogP contribution is -2.61. The summed E-state index contributed by atoms with van der Waals surface area (Å²) in [6.45, 7) is 14.2. The first-order chi connectivity index (χ1) is 22.6. The fraction of sp³-hybridized carbons (Fsp3) is 0.914. The molecule has 13 atom stereocenters. The number of carbonyl (C=O) groups is 3. The average molecular weight is 683 g/mol. The van der Waals surface area contributed by atoms with Crippen molar-refractivity contribution in [2.75, 3.05) is 34.3 Å². The Labute approximate surface area is 286 Å². The number of nitrogens with zero attached hydrogens (tertiary/aromatic N) is 1. The molecule has 1 aliphatic carbocycles. The van der Waals surface area contributed by atoms with Gasteiger partial charge in [-0.1, -0.05) is 27.7 Å². The third-order valence-corrected chi connectivity index (χ3v) is 11.3. The Bertz CT molecular complexity index is 1120. The second-order valence-corrected chi connectivity index (χ2v) is 15.2. The number of alkyl carbamates (subject to hydrolysis) is 1. The molecule has 4 rings (SSSR count). The summed E-state index contributed by atoms with van der Waals surface area (Å²) < 4.78 is 31.3. The summed E-state index contributed by atoms with van der Waals surface area (Å²) in [7, 11) is 5.45. The van der Waals surface area contributed by atoms with Crippen LogP contribution in [0.5, 0.6) is 0 Å². The van der Waals surface area contributed by atoms with Crippen LogP contribution in [0.25, 0.3) is 0 Å². The summed E-state index contributed by atoms with van der Waals surface area (Å²) in [5, 5.41) is 21.6. The molecule has 1 saturated carbocycles. The van der Waals surface area contributed by atoms with E-state index in [1.807, 2.05) is 46.7 Å². The van der Waals surface area contributed by atoms with Crippen molar-refractivity contribution in [3.05, 3.63) is 0 Å². The summed E-state index contributed by atoms with van der Waals surface area (Å²) in [4.78, 5) is 42.6. The molecule has 4 N–H and O–H groups in total. The van der Waals surface area contributed by atoms with Crippen LogP contribution in [-0.2, 0) is 33.3 Å². The smallest absolute Gasteiger partial charge is 0.408 e. The lowest BCUT2D eigenvalue weighted by atomic mass is 9.78. The largest absolute Gasteiger partial charge is 0.457 e. The van der Waals surface area contributed by atoms with Crippen LogP contribution < -0.4 is 16.0 Å². The maximum Gasteiger partial charge on any atom is 0.408 e. The molecule has 4 aliphatic rings. The van der Waals surface area contributed by atoms with E-state index in [1.165, 1.54) is 0 Å². The minimum Gasteiger partial charge on any atom is -0.457 e. The first-order valence-corrected chi connectivity index (χ1v) is 18.0. The summed E-state index contributed by atoms with van der Waals surface area (Å²) in [5.74, 6) is -3.01. The Morgan fingerprint density at radius 2 is 1.79 bits per heavy atom. The van der Waals surface area contributed by atoms with E-state index in [0.29, 0.717) is 44.8 Å². The van der Waals surface area contributed by atoms with Crippen molar-refractivity contribution < 1.29 is 43.2 Å². The van der Waals surface area contributed by atoms with Gasteiger partial charge in [-0.25, -0.2) is 4.79 Å². The monoisotopic (exact) mass is 682 g/mol. The summed E-state index contributed by atoms with van der Waals surface area (Å²) in [5.41, 5.74) is -2.12. The highest BCUT2D eigenvalue weighted by molar-refractivity contribution is 6.00. The van der Waals surface area contributed by atoms with Gasteiger partial charge in [0.15, 0.2) is 17.7 Å². The minimum atomic E-state index is -1.14. The zero-order chi connectivity index (χ0) is 35.6. The fourth-order valence-corrected chi connectivity index (χ4v) is 8.06. The minimum absolute atomic E-state index is 0.0319. The van der Waals surface area contributed by atoms with Crippen LogP contribution in [0, 0.1) is 17.8 Å². The number of hydrogen-bond acceptors (Lipinski definition) is 12. The van der Waals surface area contributed by atoms with Crippen LogP contribution in [-0.4, -0.2) is 128 Å². The number of methoxy groups -OCH3 is 1. The molecule has 276 valence electrons. The molecule has 3 aliphatic heterocycles. The Hall–Kier alpha value is -1.87. The van der Waals surface area contributed by atoms with Crippen LogP contribution in [0.4, 0.5) is 4.79 Å². The highest BCUT2D eigenvalue weighted by Gasteiger charge is 2.57. The topological polar surface area (TPSA) is 157 Å². The number of rotatable bonds is 9. The van der Waals surface area contributed by atoms with Crippen molar-refractivity contribution in [3.63, 3.8) is 0 Å². The molecule has 48 heavy (non-hydrogen) atoms. The molecule has 0 radical (unpaired) electrons. The van der Waals surface area contributed by atoms with Crippen LogP contribution in [0.15, 0.2) is 0 Å². The molecule has 13 heteroatoms. The molecule has 5 unspecified atom stereocenters. The number of fused-ring (bicyclic) bond motifs is 1. The molecule has 3 heterocycles. The fourth-order valence-electron chi connectivity index (χ4n) is 8.06. The van der Waals surface area contributed by atoms with Gasteiger partial charge >= 0.3 is 12.1 Å². The molecule has 0 spiro atoms. The van der Waals surface area contributed by atoms with E-state index in [4.69, 9.17) is 23.7 Å². The molecule has 4 fully saturated rings. The van der Waals surface area contributed by atoms with Gasteiger partial charge in [0.05, 0.1) is 23.9 Å². The first kappa shape index (κ1) is 38.9. The summed E-state index contributed by atoms with van der Waals surface area (Å²) in [6, 6.07) is -0.437. The van der Waals surface area contributed by atoms with Gasteiger partial charge < -0.3 is 49.6 Å². The van der Waals surface area contributed by atoms with Gasteiger partial charge in [0.2, 0.25) is 0 Å². The first-order valence-electron chi connectivity index (χ1n) is 18.0. The third kappa shape index (κ3) is 8.35. The predicted molar refractivity (Wildman–Crippen MR) is 179 cm³/mol. The number of likely N-dealkylation sites (N-methyl/N-ethyl adjacent to an activating group) is 1. The molecule has 13 nitrogen and oxygen atoms in total. The van der Waals surface area contributed by atoms with E-state index < -0.39 is 65.7 Å². The highest BCUT2D eigenvalue weighted by Crippen LogP contribution is 2.39. The van der Waals surface area contributed by atoms with E-state index >= 15 is 0 Å². The lowest BCUT2D eigenvalue weighted by Gasteiger charge is -2.47. The second kappa shape index (κ2) is 16.0. The Balaban J connectivity index is 1.68. The van der Waals surface area contributed by atoms with E-state index in [9.17, 15) is 19.5 Å². The zero-order valence-corrected chi connectivity index (χ0v) is 30.7. The molecule has 0 aromatic carbocycles. The van der Waals surface area contributed by atoms with Gasteiger partial charge in [-0.3, -0.25) is 9.59 Å². The Morgan fingerprint density at radius 1 is 1.10 bits per heavy atom. The number of aliphatic hydroxyl groups excluding tert-OH is 1. The quantitative estimate of drug-likeness (QED) is 0.208. The molecule has 0 aromatic rings. The molecule has 0 bridgehead atoms. The number of nitrogens with one attached hydrogen (secondary N) is 3. The predicted octanol–water partition coefficient (Wildman–Crippen LogP) is 2.37. The number of cyclic esters (lactones) is 1. The zero-order valence-electron chi connectivity index (χ0n) is 30.7. The number of Topliss-reactive ketones (excluding diaryl/α,β-unsaturated/α-hetero) is 1. The van der Waals surface area contributed by atoms with E-state index in [-0.39, 0.29) is 29.9 Å². The SMILES string of the molecule is CC[C@H]1OC(=O)C(C)C(=O)[C@H](C)[C@@H](OC2OC(CNC3CC3)CC(N(C)C)C2O)[C@](C)(OC)C[C@@H](C)CN[C@H](C)[C@H]2NC(=O)O[C@@]21CC. The van der Waals surface area contributed by atoms with Gasteiger partial charge in [0.1, 0.15) is 18.1 Å². The number of ketones is 1. The van der Waals surface area contributed by atoms with Crippen LogP contribution in [0.3, 0.4) is 0 Å². The summed E-state index contributed by atoms with van der Waals surface area (Å²) >= 11 is 0. The van der Waals surface area contributed by atoms with Gasteiger partial charge in [-0.15, -0.1) is 0 Å². The Kier molecular flexibility index (Phi) is 13.0. The maximum atomic E-state index is 14.2. The number of esters is 1. The van der Waals surface area contributed by atoms with Crippen molar-refractivity contribution in [1.82, 2.24) is 20.9 Å². The van der Waals surface area contributed by atoms with Crippen molar-refractivity contribution in [1.29, 1.82) is 0 Å². The van der Waals surface area contributed by atoms with E-state index in [0.717, 1.165) is 12.8 Å². The number of carbonyl (C=O) groups excluding carboxylic acids is 3. The van der Waals surface area contributed by atoms with Crippen LogP contribution >= 0.6 is 0 Å². The normalized spacial score (nSPS) is 43.5. The lowest BCUT2D eigenvalue weighted by molar-refractivity contribution is -0.297. The molecule has 1 amide bonds. The number of ether oxygens (including phenoxy) is 5. The molecular weight excluding hydrogens is 620 g/mol. The number of hydrogen-bond donors (Lipinski definition) is 4. The van der Waals surface area contributed by atoms with Gasteiger partial charge in [0, 0.05) is 37.7 Å². The van der Waals surface area contributed by atoms with Crippen molar-refractivity contribution in [3.8, 4) is 0 Å². The van der Waals surface area contributed by atoms with Crippen LogP contribution in [0.2, 0.25) is 0 Å². The van der Waals surface area contributed by atoms with Crippen molar-refractivity contribution in [2.24, 2.45) is 17.8 Å². The molecular formula is C35H62N4O9. The summed E-state index contributed by atoms with van der Waals surface area (Å²) in [6.07, 6.45) is -0.217. The standard InChI is InChI=1S/C35H62N4O9/c1-11-26-35(12-2)29(38-33(43)48-35)22(6)36-17-19(3)16-34(7,44-10)30(20(4)27(40)21(5)31(42)46-26)47-32-28(41)25(39(8)9)15-24(45-32)18-37-23-13-14-23/h19-26,28-30,32,36-37,41H,11-18H2,1-10H3,(H,38,43)/t19-,20+,21?,22-,24?,25?,26-,28?,29-,30-,32?,34-,35-/m1/s1. The number of amides is 1. The highest BCUT2D eigenvalue weighted by atomic mass is 16.7. The van der Waals surface area contributed by atoms with Gasteiger partial charge in [-0.05, 0) is 85.9 Å². The molecule has 0 aromatic heterocycles. The van der Waals surface area contributed by atoms with E-state index in [2.05, 4.69) is 22.9 Å². The van der Waals surface area contributed by atoms with Crippen molar-refractivity contribution >= 4 is 17.8 Å². The second-order valence-electron chi connectivity index (χ2n) is 15.2. The average Bonchev–Trinajstić information content (AvgIpc) is 3.83. The Morgan fingerprint density at radius 3 is 2.38 bits per heavy atom. The van der Waals surface area contributed by atoms with Gasteiger partial charge in [0.25, 0.3) is 0 Å². The number of aliphatic hydroxyl groups is 1. The molecule has 3 saturated heterocycles. The maximum absolute atomic E-state index is 14.2. The van der Waals surface area contributed by atoms with E-state index in [1.54, 1.807) is 21.0 Å². The third-order valence-electron chi connectivity index (χ3n) is 11.3.